The van der Waals surface area contributed by atoms with Gasteiger partial charge in [-0.25, -0.2) is 4.98 Å². The van der Waals surface area contributed by atoms with Gasteiger partial charge in [-0.2, -0.15) is 0 Å². The van der Waals surface area contributed by atoms with Crippen LogP contribution in [0.5, 0.6) is 0 Å². The van der Waals surface area contributed by atoms with Crippen LogP contribution < -0.4 is 5.32 Å². The molecule has 2 aromatic rings. The van der Waals surface area contributed by atoms with Gasteiger partial charge in [0.1, 0.15) is 0 Å². The third kappa shape index (κ3) is 2.91. The zero-order chi connectivity index (χ0) is 13.0. The quantitative estimate of drug-likeness (QED) is 0.837. The van der Waals surface area contributed by atoms with Crippen molar-refractivity contribution < 1.29 is 4.74 Å². The van der Waals surface area contributed by atoms with Gasteiger partial charge >= 0.3 is 0 Å². The summed E-state index contributed by atoms with van der Waals surface area (Å²) in [5.41, 5.74) is 1.12. The second kappa shape index (κ2) is 6.31. The van der Waals surface area contributed by atoms with Gasteiger partial charge in [-0.05, 0) is 13.5 Å². The molecule has 2 aromatic heterocycles. The number of likely N-dealkylation sites (N-methyl/N-ethyl adjacent to an activating group) is 1. The number of nitrogens with zero attached hydrogens (tertiary/aromatic N) is 2. The molecule has 18 heavy (non-hydrogen) atoms. The number of nitrogens with one attached hydrogen (secondary N) is 1. The van der Waals surface area contributed by atoms with Crippen LogP contribution in [0.3, 0.4) is 0 Å². The van der Waals surface area contributed by atoms with E-state index in [1.165, 1.54) is 0 Å². The molecule has 0 saturated heterocycles. The average Bonchev–Trinajstić information content (AvgIpc) is 2.94. The molecule has 0 fully saturated rings. The molecule has 5 heteroatoms. The molecule has 4 nitrogen and oxygen atoms in total. The zero-order valence-electron chi connectivity index (χ0n) is 11.2. The fourth-order valence-electron chi connectivity index (χ4n) is 2.29. The Morgan fingerprint density at radius 2 is 2.39 bits per heavy atom. The Morgan fingerprint density at radius 3 is 3.00 bits per heavy atom. The number of aromatic nitrogens is 2. The van der Waals surface area contributed by atoms with Crippen LogP contribution in [0, 0.1) is 0 Å². The highest BCUT2D eigenvalue weighted by Gasteiger charge is 2.20. The maximum atomic E-state index is 5.58. The summed E-state index contributed by atoms with van der Waals surface area (Å²) < 4.78 is 7.65. The van der Waals surface area contributed by atoms with E-state index in [0.717, 1.165) is 29.9 Å². The molecule has 2 heterocycles. The molecule has 0 saturated carbocycles. The van der Waals surface area contributed by atoms with Crippen molar-refractivity contribution in [2.45, 2.75) is 38.3 Å². The van der Waals surface area contributed by atoms with Crippen LogP contribution in [0.2, 0.25) is 0 Å². The summed E-state index contributed by atoms with van der Waals surface area (Å²) in [5, 5.41) is 5.40. The fourth-order valence-corrected chi connectivity index (χ4v) is 3.01. The highest BCUT2D eigenvalue weighted by molar-refractivity contribution is 7.15. The molecule has 0 aliphatic rings. The molecule has 100 valence electrons. The first-order valence-electron chi connectivity index (χ1n) is 6.39. The van der Waals surface area contributed by atoms with Gasteiger partial charge in [0.25, 0.3) is 0 Å². The molecule has 0 aliphatic carbocycles. The predicted molar refractivity (Wildman–Crippen MR) is 75.3 cm³/mol. The molecule has 0 aromatic carbocycles. The van der Waals surface area contributed by atoms with E-state index in [-0.39, 0.29) is 6.10 Å². The van der Waals surface area contributed by atoms with Crippen LogP contribution in [0.1, 0.15) is 25.5 Å². The maximum Gasteiger partial charge on any atom is 0.193 e. The predicted octanol–water partition coefficient (Wildman–Crippen LogP) is 2.34. The summed E-state index contributed by atoms with van der Waals surface area (Å²) in [7, 11) is 3.78. The fraction of sp³-hybridized carbons (Fsp3) is 0.615. The Hall–Kier alpha value is -0.910. The third-order valence-electron chi connectivity index (χ3n) is 3.27. The molecule has 0 spiro atoms. The van der Waals surface area contributed by atoms with Gasteiger partial charge in [0.15, 0.2) is 4.96 Å². The van der Waals surface area contributed by atoms with Crippen molar-refractivity contribution in [1.29, 1.82) is 0 Å². The van der Waals surface area contributed by atoms with E-state index >= 15 is 0 Å². The van der Waals surface area contributed by atoms with Crippen LogP contribution in [0.15, 0.2) is 17.8 Å². The number of thiazole rings is 1. The summed E-state index contributed by atoms with van der Waals surface area (Å²) >= 11 is 1.67. The molecule has 2 unspecified atom stereocenters. The minimum atomic E-state index is 0.250. The van der Waals surface area contributed by atoms with Gasteiger partial charge < -0.3 is 10.1 Å². The molecular weight excluding hydrogens is 246 g/mol. The summed E-state index contributed by atoms with van der Waals surface area (Å²) in [4.78, 5) is 5.68. The lowest BCUT2D eigenvalue weighted by molar-refractivity contribution is 0.0630. The van der Waals surface area contributed by atoms with Gasteiger partial charge in [0, 0.05) is 37.3 Å². The SMILES string of the molecule is CCCC(OC)C(Cc1cn2ccsc2n1)NC. The second-order valence-electron chi connectivity index (χ2n) is 4.49. The van der Waals surface area contributed by atoms with Crippen LogP contribution in [0.25, 0.3) is 4.96 Å². The topological polar surface area (TPSA) is 38.6 Å². The normalized spacial score (nSPS) is 15.1. The lowest BCUT2D eigenvalue weighted by Crippen LogP contribution is -2.40. The first-order chi connectivity index (χ1) is 8.78. The van der Waals surface area contributed by atoms with E-state index in [9.17, 15) is 0 Å². The standard InChI is InChI=1S/C13H21N3OS/c1-4-5-12(17-3)11(14-2)8-10-9-16-6-7-18-13(16)15-10/h6-7,9,11-12,14H,4-5,8H2,1-3H3. The minimum absolute atomic E-state index is 0.250. The number of methoxy groups -OCH3 is 1. The lowest BCUT2D eigenvalue weighted by Gasteiger charge is -2.24. The van der Waals surface area contributed by atoms with Gasteiger partial charge in [-0.1, -0.05) is 13.3 Å². The Morgan fingerprint density at radius 1 is 1.56 bits per heavy atom. The van der Waals surface area contributed by atoms with Crippen molar-refractivity contribution in [1.82, 2.24) is 14.7 Å². The average molecular weight is 267 g/mol. The molecule has 1 N–H and O–H groups in total. The zero-order valence-corrected chi connectivity index (χ0v) is 12.0. The number of ether oxygens (including phenoxy) is 1. The summed E-state index contributed by atoms with van der Waals surface area (Å²) in [6, 6.07) is 0.319. The highest BCUT2D eigenvalue weighted by atomic mass is 32.1. The Balaban J connectivity index is 2.07. The van der Waals surface area contributed by atoms with Gasteiger partial charge in [0.2, 0.25) is 0 Å². The first kappa shape index (κ1) is 13.5. The molecular formula is C13H21N3OS. The number of imidazole rings is 1. The van der Waals surface area contributed by atoms with E-state index in [4.69, 9.17) is 4.74 Å². The van der Waals surface area contributed by atoms with Crippen LogP contribution in [0.4, 0.5) is 0 Å². The minimum Gasteiger partial charge on any atom is -0.380 e. The molecule has 0 bridgehead atoms. The second-order valence-corrected chi connectivity index (χ2v) is 5.36. The van der Waals surface area contributed by atoms with Crippen LogP contribution in [-0.2, 0) is 11.2 Å². The molecule has 2 atom stereocenters. The monoisotopic (exact) mass is 267 g/mol. The summed E-state index contributed by atoms with van der Waals surface area (Å²) in [6.45, 7) is 2.19. The Bertz CT molecular complexity index is 451. The number of fused-ring (bicyclic) bond motifs is 1. The highest BCUT2D eigenvalue weighted by Crippen LogP contribution is 2.15. The van der Waals surface area contributed by atoms with Gasteiger partial charge in [0.05, 0.1) is 11.8 Å². The van der Waals surface area contributed by atoms with Crippen molar-refractivity contribution in [2.24, 2.45) is 0 Å². The van der Waals surface area contributed by atoms with Crippen LogP contribution >= 0.6 is 11.3 Å². The largest absolute Gasteiger partial charge is 0.380 e. The number of hydrogen-bond donors (Lipinski definition) is 1. The van der Waals surface area contributed by atoms with Crippen molar-refractivity contribution in [3.05, 3.63) is 23.5 Å². The van der Waals surface area contributed by atoms with E-state index in [1.807, 2.05) is 13.2 Å². The maximum absolute atomic E-state index is 5.58. The summed E-state index contributed by atoms with van der Waals surface area (Å²) in [5.74, 6) is 0. The first-order valence-corrected chi connectivity index (χ1v) is 7.27. The number of rotatable bonds is 7. The van der Waals surface area contributed by atoms with Crippen molar-refractivity contribution in [2.75, 3.05) is 14.2 Å². The van der Waals surface area contributed by atoms with Crippen molar-refractivity contribution in [3.63, 3.8) is 0 Å². The van der Waals surface area contributed by atoms with E-state index < -0.39 is 0 Å². The summed E-state index contributed by atoms with van der Waals surface area (Å²) in [6.07, 6.45) is 7.52. The van der Waals surface area contributed by atoms with E-state index in [1.54, 1.807) is 18.4 Å². The number of hydrogen-bond acceptors (Lipinski definition) is 4. The van der Waals surface area contributed by atoms with Gasteiger partial charge in [-0.3, -0.25) is 4.40 Å². The smallest absolute Gasteiger partial charge is 0.193 e. The van der Waals surface area contributed by atoms with Crippen molar-refractivity contribution >= 4 is 16.3 Å². The van der Waals surface area contributed by atoms with Crippen LogP contribution in [-0.4, -0.2) is 35.7 Å². The van der Waals surface area contributed by atoms with Crippen molar-refractivity contribution in [3.8, 4) is 0 Å². The Labute approximate surface area is 112 Å². The Kier molecular flexibility index (Phi) is 4.74. The molecule has 2 rings (SSSR count). The molecule has 0 amide bonds. The molecule has 0 radical (unpaired) electrons. The third-order valence-corrected chi connectivity index (χ3v) is 4.04. The van der Waals surface area contributed by atoms with E-state index in [0.29, 0.717) is 6.04 Å². The lowest BCUT2D eigenvalue weighted by atomic mass is 10.0. The molecule has 0 aliphatic heterocycles. The van der Waals surface area contributed by atoms with Gasteiger partial charge in [-0.15, -0.1) is 11.3 Å². The van der Waals surface area contributed by atoms with E-state index in [2.05, 4.69) is 33.2 Å².